The molecule has 2 amide bonds. The molecule has 0 aliphatic heterocycles. The predicted molar refractivity (Wildman–Crippen MR) is 226 cm³/mol. The molecule has 5 unspecified atom stereocenters. The van der Waals surface area contributed by atoms with E-state index in [-0.39, 0.29) is 43.2 Å². The standard InChI is InChI=1S/C43H80N4O12/c1-28(2)32(48)54-20-22-56-36(50)46-26-40(7,8)24-30(5)16-18-44-37(51)58-34-42(11,12)35(43(34,13)14)59-38(52)45-19-17-31(6)25-41(9,10)27-47-39(53-15)57-23-21-55-33(49)29(3)4/h30-31,33-36,39,46-47,49-50H,1,3,16-27H2,2,4-15H3,(H,44,51)(H,45,52)/t30?,31?,33?,34-,35-,36?,39?. The summed E-state index contributed by atoms with van der Waals surface area (Å²) in [6, 6.07) is 0. The zero-order valence-electron chi connectivity index (χ0n) is 38.4. The van der Waals surface area contributed by atoms with Gasteiger partial charge in [0.05, 0.1) is 19.8 Å². The zero-order valence-corrected chi connectivity index (χ0v) is 38.4. The minimum absolute atomic E-state index is 0.0137. The van der Waals surface area contributed by atoms with Crippen molar-refractivity contribution in [2.75, 3.05) is 59.7 Å². The van der Waals surface area contributed by atoms with Crippen LogP contribution in [0.25, 0.3) is 0 Å². The number of carbonyl (C=O) groups excluding carboxylic acids is 3. The summed E-state index contributed by atoms with van der Waals surface area (Å²) < 4.78 is 38.3. The van der Waals surface area contributed by atoms with E-state index in [0.29, 0.717) is 43.2 Å². The normalized spacial score (nSPS) is 19.9. The molecule has 0 aromatic carbocycles. The maximum Gasteiger partial charge on any atom is 0.407 e. The fourth-order valence-electron chi connectivity index (χ4n) is 7.94. The molecular formula is C43H80N4O12. The van der Waals surface area contributed by atoms with Gasteiger partial charge in [-0.3, -0.25) is 10.6 Å². The van der Waals surface area contributed by atoms with Crippen molar-refractivity contribution in [2.24, 2.45) is 33.5 Å². The smallest absolute Gasteiger partial charge is 0.407 e. The van der Waals surface area contributed by atoms with E-state index in [4.69, 9.17) is 33.2 Å². The maximum atomic E-state index is 12.9. The van der Waals surface area contributed by atoms with E-state index in [1.54, 1.807) is 21.0 Å². The highest BCUT2D eigenvalue weighted by Gasteiger charge is 2.66. The summed E-state index contributed by atoms with van der Waals surface area (Å²) in [7, 11) is 1.55. The molecule has 1 fully saturated rings. The fourth-order valence-corrected chi connectivity index (χ4v) is 7.94. The second-order valence-corrected chi connectivity index (χ2v) is 19.0. The molecule has 1 saturated carbocycles. The van der Waals surface area contributed by atoms with Gasteiger partial charge in [0, 0.05) is 49.7 Å². The Hall–Kier alpha value is -2.83. The number of alkyl carbamates (subject to hydrolysis) is 2. The summed E-state index contributed by atoms with van der Waals surface area (Å²) in [4.78, 5) is 37.2. The number of methoxy groups -OCH3 is 1. The van der Waals surface area contributed by atoms with E-state index < -0.39 is 60.3 Å². The van der Waals surface area contributed by atoms with E-state index >= 15 is 0 Å². The second kappa shape index (κ2) is 25.2. The average Bonchev–Trinajstić information content (AvgIpc) is 3.12. The van der Waals surface area contributed by atoms with Crippen LogP contribution < -0.4 is 21.3 Å². The first-order chi connectivity index (χ1) is 27.2. The SMILES string of the molecule is C=C(C)C(=O)OCCOC(O)NCC(C)(C)CC(C)CCNC(=O)O[C@H]1C(C)(C)[C@H](OC(=O)NCCC(C)CC(C)(C)CNC(OC)OCCOC(O)C(=C)C)C1(C)C. The summed E-state index contributed by atoms with van der Waals surface area (Å²) in [6.45, 7) is 33.4. The van der Waals surface area contributed by atoms with Gasteiger partial charge in [0.15, 0.2) is 6.29 Å². The van der Waals surface area contributed by atoms with Crippen LogP contribution in [0.3, 0.4) is 0 Å². The number of ether oxygens (including phenoxy) is 7. The number of aliphatic hydroxyl groups is 2. The molecule has 0 aromatic heterocycles. The van der Waals surface area contributed by atoms with Crippen molar-refractivity contribution < 1.29 is 57.8 Å². The summed E-state index contributed by atoms with van der Waals surface area (Å²) in [5.41, 5.74) is -0.638. The Morgan fingerprint density at radius 3 is 1.59 bits per heavy atom. The Labute approximate surface area is 354 Å². The van der Waals surface area contributed by atoms with Gasteiger partial charge in [0.1, 0.15) is 18.8 Å². The summed E-state index contributed by atoms with van der Waals surface area (Å²) in [5.74, 6) is 0.0699. The third kappa shape index (κ3) is 20.5. The minimum atomic E-state index is -1.20. The van der Waals surface area contributed by atoms with E-state index in [1.165, 1.54) is 0 Å². The molecule has 16 nitrogen and oxygen atoms in total. The maximum absolute atomic E-state index is 12.9. The number of esters is 1. The quantitative estimate of drug-likeness (QED) is 0.0131. The van der Waals surface area contributed by atoms with Crippen molar-refractivity contribution in [1.82, 2.24) is 21.3 Å². The van der Waals surface area contributed by atoms with Gasteiger partial charge in [-0.05, 0) is 67.8 Å². The lowest BCUT2D eigenvalue weighted by Crippen LogP contribution is -2.70. The first-order valence-corrected chi connectivity index (χ1v) is 20.8. The monoisotopic (exact) mass is 845 g/mol. The topological polar surface area (TPSA) is 204 Å². The van der Waals surface area contributed by atoms with Crippen LogP contribution in [0, 0.1) is 33.5 Å². The molecule has 0 saturated heterocycles. The first-order valence-electron chi connectivity index (χ1n) is 20.8. The Kier molecular flexibility index (Phi) is 23.1. The number of rotatable bonds is 30. The Morgan fingerprint density at radius 2 is 1.15 bits per heavy atom. The number of aliphatic hydroxyl groups excluding tert-OH is 2. The van der Waals surface area contributed by atoms with E-state index in [2.05, 4.69) is 76.0 Å². The van der Waals surface area contributed by atoms with Crippen molar-refractivity contribution >= 4 is 18.2 Å². The van der Waals surface area contributed by atoms with Gasteiger partial charge < -0.3 is 54.0 Å². The van der Waals surface area contributed by atoms with Crippen LogP contribution in [0.5, 0.6) is 0 Å². The molecule has 0 bridgehead atoms. The number of carbonyl (C=O) groups is 3. The third-order valence-electron chi connectivity index (χ3n) is 10.5. The highest BCUT2D eigenvalue weighted by molar-refractivity contribution is 5.86. The molecule has 59 heavy (non-hydrogen) atoms. The van der Waals surface area contributed by atoms with Crippen molar-refractivity contribution in [3.8, 4) is 0 Å². The lowest BCUT2D eigenvalue weighted by atomic mass is 9.51. The molecule has 1 aliphatic rings. The molecule has 0 aromatic rings. The third-order valence-corrected chi connectivity index (χ3v) is 10.5. The lowest BCUT2D eigenvalue weighted by Gasteiger charge is -2.61. The van der Waals surface area contributed by atoms with Gasteiger partial charge in [-0.25, -0.2) is 14.4 Å². The molecular weight excluding hydrogens is 764 g/mol. The summed E-state index contributed by atoms with van der Waals surface area (Å²) in [5, 5.41) is 31.8. The van der Waals surface area contributed by atoms with Crippen LogP contribution in [0.4, 0.5) is 9.59 Å². The largest absolute Gasteiger partial charge is 0.460 e. The molecule has 1 rings (SSSR count). The van der Waals surface area contributed by atoms with Crippen molar-refractivity contribution in [2.45, 2.75) is 140 Å². The van der Waals surface area contributed by atoms with Crippen LogP contribution in [0.15, 0.2) is 24.3 Å². The number of amides is 2. The van der Waals surface area contributed by atoms with Crippen molar-refractivity contribution in [1.29, 1.82) is 0 Å². The van der Waals surface area contributed by atoms with Crippen molar-refractivity contribution in [3.05, 3.63) is 24.3 Å². The van der Waals surface area contributed by atoms with Gasteiger partial charge in [0.2, 0.25) is 12.8 Å². The zero-order chi connectivity index (χ0) is 45.2. The average molecular weight is 845 g/mol. The van der Waals surface area contributed by atoms with Crippen molar-refractivity contribution in [3.63, 3.8) is 0 Å². The molecule has 0 radical (unpaired) electrons. The van der Waals surface area contributed by atoms with Gasteiger partial charge in [0.25, 0.3) is 0 Å². The second-order valence-electron chi connectivity index (χ2n) is 19.0. The van der Waals surface area contributed by atoms with Gasteiger partial charge in [-0.15, -0.1) is 0 Å². The Bertz CT molecular complexity index is 1310. The number of hydrogen-bond donors (Lipinski definition) is 6. The molecule has 16 heteroatoms. The first kappa shape index (κ1) is 54.2. The van der Waals surface area contributed by atoms with Gasteiger partial charge in [-0.2, -0.15) is 0 Å². The minimum Gasteiger partial charge on any atom is -0.460 e. The van der Waals surface area contributed by atoms with E-state index in [0.717, 1.165) is 25.7 Å². The molecule has 1 aliphatic carbocycles. The summed E-state index contributed by atoms with van der Waals surface area (Å²) in [6.07, 6.45) is -1.58. The van der Waals surface area contributed by atoms with Crippen LogP contribution in [0.2, 0.25) is 0 Å². The van der Waals surface area contributed by atoms with Gasteiger partial charge in [-0.1, -0.05) is 82.4 Å². The lowest BCUT2D eigenvalue weighted by molar-refractivity contribution is -0.244. The Balaban J connectivity index is 2.40. The van der Waals surface area contributed by atoms with Gasteiger partial charge >= 0.3 is 18.2 Å². The molecule has 0 heterocycles. The molecule has 0 spiro atoms. The molecule has 344 valence electrons. The van der Waals surface area contributed by atoms with E-state index in [1.807, 2.05) is 27.7 Å². The predicted octanol–water partition coefficient (Wildman–Crippen LogP) is 5.58. The highest BCUT2D eigenvalue weighted by atomic mass is 16.7. The number of hydrogen-bond acceptors (Lipinski definition) is 14. The van der Waals surface area contributed by atoms with E-state index in [9.17, 15) is 24.6 Å². The number of nitrogens with one attached hydrogen (secondary N) is 4. The fraction of sp³-hybridized carbons (Fsp3) is 0.837. The van der Waals surface area contributed by atoms with Crippen LogP contribution in [-0.4, -0.2) is 119 Å². The van der Waals surface area contributed by atoms with Crippen LogP contribution >= 0.6 is 0 Å². The highest BCUT2D eigenvalue weighted by Crippen LogP contribution is 2.57. The Morgan fingerprint density at radius 1 is 0.712 bits per heavy atom. The molecule has 5 atom stereocenters. The summed E-state index contributed by atoms with van der Waals surface area (Å²) >= 11 is 0. The van der Waals surface area contributed by atoms with Crippen LogP contribution in [0.1, 0.15) is 109 Å². The van der Waals surface area contributed by atoms with Crippen LogP contribution in [-0.2, 0) is 38.0 Å². The molecule has 6 N–H and O–H groups in total.